The van der Waals surface area contributed by atoms with Crippen LogP contribution < -0.4 is 10.6 Å². The zero-order valence-electron chi connectivity index (χ0n) is 24.7. The summed E-state index contributed by atoms with van der Waals surface area (Å²) >= 11 is 0. The van der Waals surface area contributed by atoms with E-state index in [0.29, 0.717) is 35.1 Å². The van der Waals surface area contributed by atoms with E-state index >= 15 is 0 Å². The molecule has 0 spiro atoms. The number of nitrogens with one attached hydrogen (secondary N) is 2. The third kappa shape index (κ3) is 5.67. The number of hydrogen-bond donors (Lipinski definition) is 2. The highest BCUT2D eigenvalue weighted by molar-refractivity contribution is 5.75. The van der Waals surface area contributed by atoms with Gasteiger partial charge in [0.25, 0.3) is 0 Å². The van der Waals surface area contributed by atoms with E-state index < -0.39 is 32.6 Å². The smallest absolute Gasteiger partial charge is 0.318 e. The lowest BCUT2D eigenvalue weighted by Gasteiger charge is -2.35. The lowest BCUT2D eigenvalue weighted by atomic mass is 10.0. The summed E-state index contributed by atoms with van der Waals surface area (Å²) in [6.45, 7) is -3.61. The molecule has 2 amide bonds. The van der Waals surface area contributed by atoms with Crippen molar-refractivity contribution >= 4 is 12.0 Å². The second kappa shape index (κ2) is 9.99. The summed E-state index contributed by atoms with van der Waals surface area (Å²) in [5, 5.41) is 10.4. The number of carbonyl (C=O) groups is 1. The van der Waals surface area contributed by atoms with Gasteiger partial charge in [-0.25, -0.2) is 14.8 Å². The average Bonchev–Trinajstić information content (AvgIpc) is 3.28. The van der Waals surface area contributed by atoms with Crippen LogP contribution in [0.4, 0.5) is 10.7 Å². The van der Waals surface area contributed by atoms with Gasteiger partial charge in [0.05, 0.1) is 30.5 Å². The minimum Gasteiger partial charge on any atom is -0.348 e. The van der Waals surface area contributed by atoms with Crippen LogP contribution in [0.1, 0.15) is 43.7 Å². The first-order chi connectivity index (χ1) is 18.3. The second-order valence-electron chi connectivity index (χ2n) is 8.20. The number of urea groups is 1. The van der Waals surface area contributed by atoms with Crippen molar-refractivity contribution in [2.75, 3.05) is 25.8 Å². The molecule has 0 unspecified atom stereocenters. The molecule has 0 saturated carbocycles. The molecule has 4 rings (SSSR count). The molecule has 3 aromatic rings. The van der Waals surface area contributed by atoms with Crippen LogP contribution in [0.5, 0.6) is 0 Å². The van der Waals surface area contributed by atoms with Gasteiger partial charge in [-0.15, -0.1) is 0 Å². The summed E-state index contributed by atoms with van der Waals surface area (Å²) in [5.41, 5.74) is 3.07. The van der Waals surface area contributed by atoms with Crippen LogP contribution in [-0.4, -0.2) is 62.1 Å². The number of carbonyl (C=O) groups excluding carboxylic acids is 1. The zero-order valence-corrected chi connectivity index (χ0v) is 18.7. The number of rotatable bonds is 7. The number of aryl methyl sites for hydroxylation is 1. The third-order valence-electron chi connectivity index (χ3n) is 5.64. The number of benzene rings is 1. The zero-order chi connectivity index (χ0) is 28.4. The van der Waals surface area contributed by atoms with Crippen molar-refractivity contribution in [1.82, 2.24) is 34.9 Å². The molecule has 0 aliphatic carbocycles. The predicted octanol–water partition coefficient (Wildman–Crippen LogP) is 2.58. The van der Waals surface area contributed by atoms with Crippen molar-refractivity contribution in [3.8, 4) is 0 Å². The maximum absolute atomic E-state index is 13.5. The largest absolute Gasteiger partial charge is 0.348 e. The Morgan fingerprint density at radius 1 is 1.30 bits per heavy atom. The van der Waals surface area contributed by atoms with Gasteiger partial charge in [-0.2, -0.15) is 5.10 Å². The van der Waals surface area contributed by atoms with Crippen LogP contribution in [0, 0.1) is 0 Å². The highest BCUT2D eigenvalue weighted by Gasteiger charge is 2.30. The number of nitrogens with zero attached hydrogens (tertiary/aromatic N) is 6. The Bertz CT molecular complexity index is 1270. The van der Waals surface area contributed by atoms with Crippen LogP contribution in [0.15, 0.2) is 48.8 Å². The van der Waals surface area contributed by atoms with Crippen molar-refractivity contribution in [2.45, 2.75) is 38.5 Å². The van der Waals surface area contributed by atoms with E-state index in [2.05, 4.69) is 25.7 Å². The molecular formula is C24H32N8O. The van der Waals surface area contributed by atoms with Crippen molar-refractivity contribution in [1.29, 1.82) is 0 Å². The molecule has 0 bridgehead atoms. The molecule has 2 N–H and O–H groups in total. The fourth-order valence-corrected chi connectivity index (χ4v) is 3.91. The van der Waals surface area contributed by atoms with E-state index in [9.17, 15) is 4.79 Å². The second-order valence-corrected chi connectivity index (χ2v) is 8.20. The Morgan fingerprint density at radius 2 is 2.12 bits per heavy atom. The van der Waals surface area contributed by atoms with Gasteiger partial charge >= 0.3 is 6.03 Å². The van der Waals surface area contributed by atoms with Crippen LogP contribution >= 0.6 is 0 Å². The van der Waals surface area contributed by atoms with Crippen LogP contribution in [0.3, 0.4) is 0 Å². The average molecular weight is 455 g/mol. The van der Waals surface area contributed by atoms with E-state index in [-0.39, 0.29) is 12.6 Å². The van der Waals surface area contributed by atoms with E-state index in [4.69, 9.17) is 8.22 Å². The summed E-state index contributed by atoms with van der Waals surface area (Å²) in [5.74, 6) is 0.419. The maximum Gasteiger partial charge on any atom is 0.318 e. The number of aromatic nitrogens is 4. The Hall–Kier alpha value is -3.46. The molecule has 1 aromatic carbocycles. The molecule has 9 heteroatoms. The molecule has 3 heterocycles. The van der Waals surface area contributed by atoms with Gasteiger partial charge in [-0.05, 0) is 44.5 Å². The monoisotopic (exact) mass is 454 g/mol. The summed E-state index contributed by atoms with van der Waals surface area (Å²) < 4.78 is 48.2. The molecule has 0 radical (unpaired) electrons. The molecule has 0 fully saturated rings. The molecule has 1 aliphatic rings. The van der Waals surface area contributed by atoms with Crippen molar-refractivity contribution in [3.05, 3.63) is 71.3 Å². The summed E-state index contributed by atoms with van der Waals surface area (Å²) in [7, 11) is 1.84. The van der Waals surface area contributed by atoms with Gasteiger partial charge in [-0.3, -0.25) is 4.68 Å². The Kier molecular flexibility index (Phi) is 4.91. The lowest BCUT2D eigenvalue weighted by Crippen LogP contribution is -2.50. The highest BCUT2D eigenvalue weighted by Crippen LogP contribution is 2.23. The van der Waals surface area contributed by atoms with E-state index in [1.807, 2.05) is 26.2 Å². The fourth-order valence-electron chi connectivity index (χ4n) is 3.91. The third-order valence-corrected chi connectivity index (χ3v) is 5.64. The maximum atomic E-state index is 13.5. The SMILES string of the molecule is [2H]C([2H])([2H])N(C[C@@H](NC(=O)N1Cc2nc(NCc3ccn(C)n3)ncc2C[C@H]1C)c1ccccc1)C([2H])([2H])[2H]. The standard InChI is InChI=1S/C24H32N8O/c1-17-12-19-13-25-23(26-14-20-10-11-31(4)29-20)27-22(19)16-32(17)24(33)28-21(15-30(2)3)18-8-6-5-7-9-18/h5-11,13,17,21H,12,14-16H2,1-4H3,(H,28,33)(H,25,26,27)/t17-,21-/m1/s1/i2D3,3D3. The number of amides is 2. The minimum absolute atomic E-state index is 0.189. The molecule has 0 saturated heterocycles. The Morgan fingerprint density at radius 3 is 2.85 bits per heavy atom. The highest BCUT2D eigenvalue weighted by atomic mass is 16.2. The Labute approximate surface area is 203 Å². The fraction of sp³-hybridized carbons (Fsp3) is 0.417. The van der Waals surface area contributed by atoms with E-state index in [0.717, 1.165) is 11.3 Å². The summed E-state index contributed by atoms with van der Waals surface area (Å²) in [4.78, 5) is 24.6. The summed E-state index contributed by atoms with van der Waals surface area (Å²) in [6, 6.07) is 9.12. The van der Waals surface area contributed by atoms with Crippen LogP contribution in [0.2, 0.25) is 0 Å². The molecule has 1 aliphatic heterocycles. The van der Waals surface area contributed by atoms with Crippen molar-refractivity contribution < 1.29 is 13.0 Å². The number of hydrogen-bond acceptors (Lipinski definition) is 6. The van der Waals surface area contributed by atoms with Gasteiger partial charge < -0.3 is 20.4 Å². The first kappa shape index (κ1) is 16.2. The molecule has 174 valence electrons. The molecule has 2 atom stereocenters. The van der Waals surface area contributed by atoms with Crippen molar-refractivity contribution in [3.63, 3.8) is 0 Å². The van der Waals surface area contributed by atoms with Gasteiger partial charge in [0.15, 0.2) is 0 Å². The minimum atomic E-state index is -2.88. The van der Waals surface area contributed by atoms with Crippen molar-refractivity contribution in [2.24, 2.45) is 7.05 Å². The van der Waals surface area contributed by atoms with Gasteiger partial charge in [0.2, 0.25) is 5.95 Å². The lowest BCUT2D eigenvalue weighted by molar-refractivity contribution is 0.161. The van der Waals surface area contributed by atoms with Crippen LogP contribution in [-0.2, 0) is 26.6 Å². The summed E-state index contributed by atoms with van der Waals surface area (Å²) in [6.07, 6.45) is 4.14. The molecule has 2 aromatic heterocycles. The van der Waals surface area contributed by atoms with Gasteiger partial charge in [0, 0.05) is 40.3 Å². The van der Waals surface area contributed by atoms with E-state index in [1.54, 1.807) is 46.1 Å². The van der Waals surface area contributed by atoms with Crippen LogP contribution in [0.25, 0.3) is 0 Å². The van der Waals surface area contributed by atoms with Gasteiger partial charge in [0.1, 0.15) is 0 Å². The quantitative estimate of drug-likeness (QED) is 0.570. The predicted molar refractivity (Wildman–Crippen MR) is 128 cm³/mol. The molecule has 33 heavy (non-hydrogen) atoms. The first-order valence-electron chi connectivity index (χ1n) is 13.8. The molecular weight excluding hydrogens is 416 g/mol. The molecule has 9 nitrogen and oxygen atoms in total. The Balaban J connectivity index is 1.51. The first-order valence-corrected chi connectivity index (χ1v) is 10.8. The normalized spacial score (nSPS) is 19.8. The topological polar surface area (TPSA) is 91.2 Å². The van der Waals surface area contributed by atoms with E-state index in [1.165, 1.54) is 0 Å². The van der Waals surface area contributed by atoms with Gasteiger partial charge in [-0.1, -0.05) is 30.3 Å². The number of fused-ring (bicyclic) bond motifs is 1. The number of likely N-dealkylation sites (N-methyl/N-ethyl adjacent to an activating group) is 1. The number of anilines is 1.